The van der Waals surface area contributed by atoms with Crippen molar-refractivity contribution in [3.63, 3.8) is 0 Å². The Morgan fingerprint density at radius 2 is 0.857 bits per heavy atom. The Hall–Kier alpha value is -1.73. The molecule has 140 valence electrons. The standard InChI is InChI=1S/C25H21Br2P/c26-21-16-20(17-22(27)18-21)19-28(23-10-4-1-5-11-23,24-12-6-2-7-13-24)25-14-8-3-9-15-25/h1-18,28H,19H2. The molecular weight excluding hydrogens is 491 g/mol. The van der Waals surface area contributed by atoms with Crippen LogP contribution in [0.15, 0.2) is 118 Å². The molecule has 0 spiro atoms. The van der Waals surface area contributed by atoms with E-state index in [4.69, 9.17) is 0 Å². The van der Waals surface area contributed by atoms with Crippen molar-refractivity contribution in [3.8, 4) is 0 Å². The van der Waals surface area contributed by atoms with E-state index in [1.807, 2.05) is 0 Å². The zero-order valence-corrected chi connectivity index (χ0v) is 19.5. The first-order valence-electron chi connectivity index (χ1n) is 9.30. The zero-order chi connectivity index (χ0) is 19.4. The van der Waals surface area contributed by atoms with Gasteiger partial charge in [0.25, 0.3) is 0 Å². The van der Waals surface area contributed by atoms with Crippen LogP contribution in [-0.4, -0.2) is 0 Å². The average molecular weight is 512 g/mol. The van der Waals surface area contributed by atoms with Crippen LogP contribution in [-0.2, 0) is 6.16 Å². The second-order valence-electron chi connectivity index (χ2n) is 6.96. The minimum atomic E-state index is -2.25. The second-order valence-corrected chi connectivity index (χ2v) is 12.7. The van der Waals surface area contributed by atoms with Crippen LogP contribution in [0.3, 0.4) is 0 Å². The van der Waals surface area contributed by atoms with Gasteiger partial charge in [-0.15, -0.1) is 0 Å². The molecule has 0 saturated heterocycles. The van der Waals surface area contributed by atoms with Gasteiger partial charge in [0.2, 0.25) is 0 Å². The molecule has 0 saturated carbocycles. The van der Waals surface area contributed by atoms with Gasteiger partial charge in [-0.25, -0.2) is 0 Å². The first-order valence-corrected chi connectivity index (χ1v) is 13.1. The van der Waals surface area contributed by atoms with Gasteiger partial charge in [0.15, 0.2) is 0 Å². The number of hydrogen-bond acceptors (Lipinski definition) is 0. The third kappa shape index (κ3) is 4.01. The molecule has 0 aliphatic heterocycles. The van der Waals surface area contributed by atoms with E-state index in [1.165, 1.54) is 21.5 Å². The summed E-state index contributed by atoms with van der Waals surface area (Å²) in [5.41, 5.74) is 1.34. The summed E-state index contributed by atoms with van der Waals surface area (Å²) in [4.78, 5) is 0. The summed E-state index contributed by atoms with van der Waals surface area (Å²) in [5, 5.41) is 4.30. The van der Waals surface area contributed by atoms with E-state index in [-0.39, 0.29) is 0 Å². The van der Waals surface area contributed by atoms with Crippen LogP contribution in [0.1, 0.15) is 5.56 Å². The second kappa shape index (κ2) is 8.74. The van der Waals surface area contributed by atoms with E-state index in [0.29, 0.717) is 0 Å². The summed E-state index contributed by atoms with van der Waals surface area (Å²) in [5.74, 6) is 0. The molecular formula is C25H21Br2P. The summed E-state index contributed by atoms with van der Waals surface area (Å²) < 4.78 is 2.21. The molecule has 0 aliphatic carbocycles. The minimum absolute atomic E-state index is 1.00. The van der Waals surface area contributed by atoms with Crippen LogP contribution in [0.25, 0.3) is 0 Å². The van der Waals surface area contributed by atoms with Crippen LogP contribution < -0.4 is 15.9 Å². The van der Waals surface area contributed by atoms with Gasteiger partial charge in [-0.2, -0.15) is 0 Å². The van der Waals surface area contributed by atoms with Crippen LogP contribution in [0.4, 0.5) is 0 Å². The molecule has 0 fully saturated rings. The predicted octanol–water partition coefficient (Wildman–Crippen LogP) is 6.44. The Kier molecular flexibility index (Phi) is 6.11. The quantitative estimate of drug-likeness (QED) is 0.270. The molecule has 0 bridgehead atoms. The molecule has 4 aromatic carbocycles. The van der Waals surface area contributed by atoms with Crippen LogP contribution in [0.2, 0.25) is 0 Å². The molecule has 4 aromatic rings. The molecule has 0 nitrogen and oxygen atoms in total. The van der Waals surface area contributed by atoms with Crippen molar-refractivity contribution in [1.82, 2.24) is 0 Å². The van der Waals surface area contributed by atoms with Gasteiger partial charge >= 0.3 is 185 Å². The third-order valence-corrected chi connectivity index (χ3v) is 11.0. The SMILES string of the molecule is Brc1cc(Br)cc(C[PH](c2ccccc2)(c2ccccc2)c2ccccc2)c1. The van der Waals surface area contributed by atoms with E-state index >= 15 is 0 Å². The normalized spacial score (nSPS) is 11.9. The van der Waals surface area contributed by atoms with Crippen LogP contribution >= 0.6 is 39.1 Å². The summed E-state index contributed by atoms with van der Waals surface area (Å²) in [6, 6.07) is 39.7. The average Bonchev–Trinajstić information content (AvgIpc) is 2.73. The van der Waals surface area contributed by atoms with Crippen molar-refractivity contribution in [3.05, 3.63) is 124 Å². The third-order valence-electron chi connectivity index (χ3n) is 5.19. The Bertz CT molecular complexity index is 931. The maximum absolute atomic E-state index is 3.67. The molecule has 28 heavy (non-hydrogen) atoms. The van der Waals surface area contributed by atoms with Crippen molar-refractivity contribution >= 4 is 55.0 Å². The summed E-state index contributed by atoms with van der Waals surface area (Å²) >= 11 is 7.35. The van der Waals surface area contributed by atoms with Gasteiger partial charge in [0.1, 0.15) is 0 Å². The summed E-state index contributed by atoms with van der Waals surface area (Å²) in [7, 11) is -2.25. The molecule has 0 radical (unpaired) electrons. The Balaban J connectivity index is 2.01. The summed E-state index contributed by atoms with van der Waals surface area (Å²) in [6.45, 7) is 0. The van der Waals surface area contributed by atoms with Crippen LogP contribution in [0, 0.1) is 0 Å². The number of rotatable bonds is 5. The van der Waals surface area contributed by atoms with Gasteiger partial charge in [0, 0.05) is 0 Å². The molecule has 0 atom stereocenters. The van der Waals surface area contributed by atoms with E-state index in [1.54, 1.807) is 0 Å². The van der Waals surface area contributed by atoms with E-state index in [9.17, 15) is 0 Å². The van der Waals surface area contributed by atoms with Crippen molar-refractivity contribution in [2.75, 3.05) is 0 Å². The molecule has 0 amide bonds. The molecule has 3 heteroatoms. The number of benzene rings is 4. The van der Waals surface area contributed by atoms with Gasteiger partial charge in [-0.05, 0) is 0 Å². The maximum atomic E-state index is 3.67. The first kappa shape index (κ1) is 19.6. The molecule has 0 N–H and O–H groups in total. The van der Waals surface area contributed by atoms with Gasteiger partial charge < -0.3 is 0 Å². The molecule has 0 heterocycles. The first-order chi connectivity index (χ1) is 13.7. The van der Waals surface area contributed by atoms with Gasteiger partial charge in [-0.1, -0.05) is 0 Å². The number of hydrogen-bond donors (Lipinski definition) is 0. The van der Waals surface area contributed by atoms with E-state index in [0.717, 1.165) is 15.1 Å². The van der Waals surface area contributed by atoms with E-state index in [2.05, 4.69) is 141 Å². The zero-order valence-electron chi connectivity index (χ0n) is 15.4. The fourth-order valence-electron chi connectivity index (χ4n) is 3.99. The van der Waals surface area contributed by atoms with Gasteiger partial charge in [0.05, 0.1) is 0 Å². The van der Waals surface area contributed by atoms with Crippen molar-refractivity contribution in [1.29, 1.82) is 0 Å². The molecule has 0 unspecified atom stereocenters. The van der Waals surface area contributed by atoms with Crippen molar-refractivity contribution < 1.29 is 0 Å². The van der Waals surface area contributed by atoms with Crippen molar-refractivity contribution in [2.45, 2.75) is 6.16 Å². The molecule has 0 aliphatic rings. The topological polar surface area (TPSA) is 0 Å². The van der Waals surface area contributed by atoms with Crippen molar-refractivity contribution in [2.24, 2.45) is 0 Å². The summed E-state index contributed by atoms with van der Waals surface area (Å²) in [6.07, 6.45) is 1.00. The predicted molar refractivity (Wildman–Crippen MR) is 132 cm³/mol. The Labute approximate surface area is 184 Å². The Morgan fingerprint density at radius 1 is 0.500 bits per heavy atom. The molecule has 0 aromatic heterocycles. The van der Waals surface area contributed by atoms with Gasteiger partial charge in [-0.3, -0.25) is 0 Å². The monoisotopic (exact) mass is 510 g/mol. The fraction of sp³-hybridized carbons (Fsp3) is 0.0400. The number of halogens is 2. The Morgan fingerprint density at radius 3 is 1.21 bits per heavy atom. The fourth-order valence-corrected chi connectivity index (χ4v) is 10.1. The van der Waals surface area contributed by atoms with Crippen LogP contribution in [0.5, 0.6) is 0 Å². The molecule has 4 rings (SSSR count). The van der Waals surface area contributed by atoms with E-state index < -0.39 is 7.26 Å².